The molecule has 0 aliphatic carbocycles. The number of hydrogen-bond acceptors (Lipinski definition) is 2. The summed E-state index contributed by atoms with van der Waals surface area (Å²) in [5.41, 5.74) is 6.41. The van der Waals surface area contributed by atoms with Gasteiger partial charge in [0, 0.05) is 13.1 Å². The van der Waals surface area contributed by atoms with Crippen LogP contribution in [0.25, 0.3) is 0 Å². The van der Waals surface area contributed by atoms with E-state index in [0.717, 1.165) is 25.2 Å². The van der Waals surface area contributed by atoms with Crippen molar-refractivity contribution in [1.82, 2.24) is 0 Å². The summed E-state index contributed by atoms with van der Waals surface area (Å²) in [4.78, 5) is 2.15. The maximum absolute atomic E-state index is 6.12. The van der Waals surface area contributed by atoms with Gasteiger partial charge in [0.1, 0.15) is 0 Å². The molecule has 0 unspecified atom stereocenters. The number of halogens is 2. The topological polar surface area (TPSA) is 29.3 Å². The Kier molecular flexibility index (Phi) is 5.23. The van der Waals surface area contributed by atoms with Gasteiger partial charge in [-0.05, 0) is 32.0 Å². The minimum absolute atomic E-state index is 0.679. The third kappa shape index (κ3) is 3.26. The Hall–Kier alpha value is -0.440. The van der Waals surface area contributed by atoms with Gasteiger partial charge in [-0.15, -0.1) is 0 Å². The van der Waals surface area contributed by atoms with Gasteiger partial charge < -0.3 is 10.6 Å². The van der Waals surface area contributed by atoms with E-state index in [1.54, 1.807) is 0 Å². The SMILES string of the molecule is CCN(CCCN)c1c(Cl)cccc1Cl. The van der Waals surface area contributed by atoms with E-state index in [4.69, 9.17) is 28.9 Å². The number of hydrogen-bond donors (Lipinski definition) is 1. The molecule has 0 atom stereocenters. The van der Waals surface area contributed by atoms with Crippen LogP contribution in [-0.2, 0) is 0 Å². The maximum Gasteiger partial charge on any atom is 0.0744 e. The fourth-order valence-corrected chi connectivity index (χ4v) is 2.14. The molecule has 0 fully saturated rings. The number of anilines is 1. The van der Waals surface area contributed by atoms with Gasteiger partial charge in [0.15, 0.2) is 0 Å². The molecule has 2 nitrogen and oxygen atoms in total. The Morgan fingerprint density at radius 1 is 1.27 bits per heavy atom. The first-order valence-corrected chi connectivity index (χ1v) is 5.85. The zero-order valence-electron chi connectivity index (χ0n) is 8.84. The van der Waals surface area contributed by atoms with E-state index in [2.05, 4.69) is 11.8 Å². The van der Waals surface area contributed by atoms with Gasteiger partial charge in [-0.25, -0.2) is 0 Å². The molecule has 0 aliphatic rings. The number of nitrogens with zero attached hydrogens (tertiary/aromatic N) is 1. The van der Waals surface area contributed by atoms with E-state index in [9.17, 15) is 0 Å². The third-order valence-electron chi connectivity index (χ3n) is 2.27. The molecule has 0 bridgehead atoms. The van der Waals surface area contributed by atoms with Crippen molar-refractivity contribution in [3.8, 4) is 0 Å². The molecule has 15 heavy (non-hydrogen) atoms. The highest BCUT2D eigenvalue weighted by Gasteiger charge is 2.11. The summed E-state index contributed by atoms with van der Waals surface area (Å²) in [6.45, 7) is 4.52. The molecule has 0 aromatic heterocycles. The van der Waals surface area contributed by atoms with E-state index in [-0.39, 0.29) is 0 Å². The predicted octanol–water partition coefficient (Wildman–Crippen LogP) is 3.17. The summed E-state index contributed by atoms with van der Waals surface area (Å²) in [7, 11) is 0. The molecule has 0 saturated carbocycles. The van der Waals surface area contributed by atoms with Crippen LogP contribution in [0.3, 0.4) is 0 Å². The van der Waals surface area contributed by atoms with Gasteiger partial charge in [-0.1, -0.05) is 29.3 Å². The minimum Gasteiger partial charge on any atom is -0.369 e. The van der Waals surface area contributed by atoms with Crippen LogP contribution in [0.1, 0.15) is 13.3 Å². The lowest BCUT2D eigenvalue weighted by Crippen LogP contribution is -2.26. The first-order chi connectivity index (χ1) is 7.20. The van der Waals surface area contributed by atoms with E-state index in [1.165, 1.54) is 0 Å². The van der Waals surface area contributed by atoms with Gasteiger partial charge in [-0.2, -0.15) is 0 Å². The number of para-hydroxylation sites is 1. The fraction of sp³-hybridized carbons (Fsp3) is 0.455. The second-order valence-electron chi connectivity index (χ2n) is 3.29. The van der Waals surface area contributed by atoms with Crippen molar-refractivity contribution >= 4 is 28.9 Å². The van der Waals surface area contributed by atoms with Crippen LogP contribution in [0.4, 0.5) is 5.69 Å². The summed E-state index contributed by atoms with van der Waals surface area (Å²) in [6.07, 6.45) is 0.940. The molecule has 2 N–H and O–H groups in total. The summed E-state index contributed by atoms with van der Waals surface area (Å²) in [5.74, 6) is 0. The lowest BCUT2D eigenvalue weighted by atomic mass is 10.2. The van der Waals surface area contributed by atoms with Crippen LogP contribution in [0.5, 0.6) is 0 Å². The molecule has 0 amide bonds. The average molecular weight is 247 g/mol. The van der Waals surface area contributed by atoms with Crippen molar-refractivity contribution in [2.24, 2.45) is 5.73 Å². The van der Waals surface area contributed by atoms with Crippen LogP contribution in [0, 0.1) is 0 Å². The van der Waals surface area contributed by atoms with Gasteiger partial charge in [0.25, 0.3) is 0 Å². The molecule has 4 heteroatoms. The van der Waals surface area contributed by atoms with Crippen LogP contribution in [0.15, 0.2) is 18.2 Å². The number of nitrogens with two attached hydrogens (primary N) is 1. The van der Waals surface area contributed by atoms with E-state index >= 15 is 0 Å². The Morgan fingerprint density at radius 3 is 2.33 bits per heavy atom. The highest BCUT2D eigenvalue weighted by Crippen LogP contribution is 2.33. The van der Waals surface area contributed by atoms with E-state index in [0.29, 0.717) is 16.6 Å². The molecule has 0 radical (unpaired) electrons. The second-order valence-corrected chi connectivity index (χ2v) is 4.11. The molecule has 1 aromatic rings. The summed E-state index contributed by atoms with van der Waals surface area (Å²) >= 11 is 12.2. The van der Waals surface area contributed by atoms with Crippen LogP contribution < -0.4 is 10.6 Å². The van der Waals surface area contributed by atoms with E-state index in [1.807, 2.05) is 18.2 Å². The normalized spacial score (nSPS) is 10.4. The van der Waals surface area contributed by atoms with Crippen LogP contribution in [0.2, 0.25) is 10.0 Å². The number of benzene rings is 1. The van der Waals surface area contributed by atoms with Gasteiger partial charge >= 0.3 is 0 Å². The quantitative estimate of drug-likeness (QED) is 0.865. The predicted molar refractivity (Wildman–Crippen MR) is 68.0 cm³/mol. The van der Waals surface area contributed by atoms with Crippen molar-refractivity contribution in [2.75, 3.05) is 24.5 Å². The third-order valence-corrected chi connectivity index (χ3v) is 2.88. The van der Waals surface area contributed by atoms with E-state index < -0.39 is 0 Å². The maximum atomic E-state index is 6.12. The first-order valence-electron chi connectivity index (χ1n) is 5.09. The molecule has 84 valence electrons. The molecular weight excluding hydrogens is 231 g/mol. The van der Waals surface area contributed by atoms with Crippen molar-refractivity contribution in [1.29, 1.82) is 0 Å². The second kappa shape index (κ2) is 6.21. The summed E-state index contributed by atoms with van der Waals surface area (Å²) in [6, 6.07) is 5.56. The summed E-state index contributed by atoms with van der Waals surface area (Å²) in [5, 5.41) is 1.39. The Bertz CT molecular complexity index is 295. The molecule has 0 spiro atoms. The van der Waals surface area contributed by atoms with Crippen LogP contribution >= 0.6 is 23.2 Å². The molecule has 1 aromatic carbocycles. The zero-order chi connectivity index (χ0) is 11.3. The van der Waals surface area contributed by atoms with Crippen molar-refractivity contribution in [3.05, 3.63) is 28.2 Å². The van der Waals surface area contributed by atoms with Crippen molar-refractivity contribution in [3.63, 3.8) is 0 Å². The monoisotopic (exact) mass is 246 g/mol. The van der Waals surface area contributed by atoms with Crippen molar-refractivity contribution < 1.29 is 0 Å². The molecule has 0 heterocycles. The molecule has 0 saturated heterocycles. The largest absolute Gasteiger partial charge is 0.369 e. The molecular formula is C11H16Cl2N2. The van der Waals surface area contributed by atoms with Gasteiger partial charge in [0.2, 0.25) is 0 Å². The Morgan fingerprint density at radius 2 is 1.87 bits per heavy atom. The summed E-state index contributed by atoms with van der Waals surface area (Å²) < 4.78 is 0. The highest BCUT2D eigenvalue weighted by molar-refractivity contribution is 6.39. The lowest BCUT2D eigenvalue weighted by Gasteiger charge is -2.25. The van der Waals surface area contributed by atoms with Gasteiger partial charge in [-0.3, -0.25) is 0 Å². The Balaban J connectivity index is 2.90. The Labute approximate surface area is 101 Å². The van der Waals surface area contributed by atoms with Crippen molar-refractivity contribution in [2.45, 2.75) is 13.3 Å². The smallest absolute Gasteiger partial charge is 0.0744 e. The lowest BCUT2D eigenvalue weighted by molar-refractivity contribution is 0.754. The minimum atomic E-state index is 0.679. The average Bonchev–Trinajstić information content (AvgIpc) is 2.22. The van der Waals surface area contributed by atoms with Crippen LogP contribution in [-0.4, -0.2) is 19.6 Å². The first kappa shape index (κ1) is 12.6. The molecule has 0 aliphatic heterocycles. The van der Waals surface area contributed by atoms with Gasteiger partial charge in [0.05, 0.1) is 15.7 Å². The zero-order valence-corrected chi connectivity index (χ0v) is 10.4. The molecule has 1 rings (SSSR count). The number of rotatable bonds is 5. The highest BCUT2D eigenvalue weighted by atomic mass is 35.5. The fourth-order valence-electron chi connectivity index (χ4n) is 1.50. The standard InChI is InChI=1S/C11H16Cl2N2/c1-2-15(8-4-7-14)11-9(12)5-3-6-10(11)13/h3,5-6H,2,4,7-8,14H2,1H3.